The molecule has 4 nitrogen and oxygen atoms in total. The van der Waals surface area contributed by atoms with E-state index in [-0.39, 0.29) is 12.1 Å². The lowest BCUT2D eigenvalue weighted by molar-refractivity contribution is 0.0346. The summed E-state index contributed by atoms with van der Waals surface area (Å²) in [6.07, 6.45) is 12.8. The molecule has 1 aromatic carbocycles. The first-order valence-electron chi connectivity index (χ1n) is 9.43. The van der Waals surface area contributed by atoms with Gasteiger partial charge in [0.1, 0.15) is 12.7 Å². The molecule has 0 aliphatic carbocycles. The minimum Gasteiger partial charge on any atom is -0.459 e. The van der Waals surface area contributed by atoms with Gasteiger partial charge in [0.25, 0.3) is 0 Å². The van der Waals surface area contributed by atoms with E-state index in [2.05, 4.69) is 30.0 Å². The number of ether oxygens (including phenoxy) is 1. The Bertz CT molecular complexity index is 759. The standard InChI is InChI=1S/C23H29NO3/c1-5-13-26-24-21-12-10-8-6-7-9-11-19(4)27-23(25)22-18(3)14-17(2)15-20(22)16-21/h5,7,9-10,12,14-15,19H,1,6,8,11,13,16H2,2-4H3/b9-7+,12-10+,24-21?. The van der Waals surface area contributed by atoms with Crippen LogP contribution in [0.15, 0.2) is 54.2 Å². The van der Waals surface area contributed by atoms with Crippen LogP contribution in [0.3, 0.4) is 0 Å². The largest absolute Gasteiger partial charge is 0.459 e. The van der Waals surface area contributed by atoms with Crippen molar-refractivity contribution in [2.45, 2.75) is 52.6 Å². The molecule has 27 heavy (non-hydrogen) atoms. The highest BCUT2D eigenvalue weighted by molar-refractivity contribution is 5.99. The Labute approximate surface area is 162 Å². The lowest BCUT2D eigenvalue weighted by atomic mass is 9.95. The normalized spacial score (nSPS) is 22.3. The van der Waals surface area contributed by atoms with Crippen molar-refractivity contribution in [1.29, 1.82) is 0 Å². The second-order valence-electron chi connectivity index (χ2n) is 6.86. The molecule has 1 aliphatic heterocycles. The molecule has 1 aliphatic rings. The Balaban J connectivity index is 2.44. The molecule has 1 heterocycles. The van der Waals surface area contributed by atoms with Crippen LogP contribution in [0, 0.1) is 13.8 Å². The Morgan fingerprint density at radius 2 is 2.04 bits per heavy atom. The molecule has 0 amide bonds. The Hall–Kier alpha value is -2.62. The van der Waals surface area contributed by atoms with Crippen LogP contribution < -0.4 is 0 Å². The molecule has 0 saturated carbocycles. The van der Waals surface area contributed by atoms with Crippen molar-refractivity contribution >= 4 is 11.7 Å². The number of hydrogen-bond acceptors (Lipinski definition) is 4. The number of rotatable bonds is 3. The fraction of sp³-hybridized carbons (Fsp3) is 0.391. The molecule has 4 heteroatoms. The third kappa shape index (κ3) is 6.55. The van der Waals surface area contributed by atoms with Crippen LogP contribution in [0.2, 0.25) is 0 Å². The summed E-state index contributed by atoms with van der Waals surface area (Å²) in [5.74, 6) is -0.282. The fourth-order valence-corrected chi connectivity index (χ4v) is 3.08. The van der Waals surface area contributed by atoms with Gasteiger partial charge in [-0.25, -0.2) is 4.79 Å². The molecule has 1 aromatic rings. The molecule has 0 radical (unpaired) electrons. The van der Waals surface area contributed by atoms with Crippen molar-refractivity contribution in [1.82, 2.24) is 0 Å². The van der Waals surface area contributed by atoms with Gasteiger partial charge in [-0.1, -0.05) is 53.7 Å². The number of carbonyl (C=O) groups is 1. The Kier molecular flexibility index (Phi) is 8.05. The SMILES string of the molecule is C=CCON=C1/C=C/CC/C=C/CC(C)OC(=O)c2c(C)cc(C)cc2C1. The van der Waals surface area contributed by atoms with Crippen molar-refractivity contribution in [3.63, 3.8) is 0 Å². The summed E-state index contributed by atoms with van der Waals surface area (Å²) in [4.78, 5) is 18.1. The average Bonchev–Trinajstić information content (AvgIpc) is 2.59. The predicted molar refractivity (Wildman–Crippen MR) is 110 cm³/mol. The summed E-state index contributed by atoms with van der Waals surface area (Å²) in [5, 5.41) is 4.23. The highest BCUT2D eigenvalue weighted by atomic mass is 16.6. The first-order valence-corrected chi connectivity index (χ1v) is 9.43. The van der Waals surface area contributed by atoms with Gasteiger partial charge in [0, 0.05) is 12.8 Å². The van der Waals surface area contributed by atoms with Gasteiger partial charge in [0.15, 0.2) is 0 Å². The maximum atomic E-state index is 12.8. The van der Waals surface area contributed by atoms with Gasteiger partial charge in [0.05, 0.1) is 11.3 Å². The van der Waals surface area contributed by atoms with Crippen LogP contribution in [-0.4, -0.2) is 24.4 Å². The molecular weight excluding hydrogens is 338 g/mol. The van der Waals surface area contributed by atoms with Crippen molar-refractivity contribution in [3.05, 3.63) is 71.3 Å². The molecule has 0 saturated heterocycles. The lowest BCUT2D eigenvalue weighted by Gasteiger charge is -2.17. The molecule has 0 spiro atoms. The van der Waals surface area contributed by atoms with Crippen LogP contribution in [0.1, 0.15) is 53.2 Å². The smallest absolute Gasteiger partial charge is 0.338 e. The van der Waals surface area contributed by atoms with Crippen molar-refractivity contribution < 1.29 is 14.4 Å². The Morgan fingerprint density at radius 1 is 1.26 bits per heavy atom. The zero-order valence-electron chi connectivity index (χ0n) is 16.5. The average molecular weight is 367 g/mol. The van der Waals surface area contributed by atoms with Crippen LogP contribution in [-0.2, 0) is 16.0 Å². The molecule has 1 atom stereocenters. The lowest BCUT2D eigenvalue weighted by Crippen LogP contribution is -2.18. The maximum absolute atomic E-state index is 12.8. The summed E-state index contributed by atoms with van der Waals surface area (Å²) >= 11 is 0. The summed E-state index contributed by atoms with van der Waals surface area (Å²) < 4.78 is 5.68. The summed E-state index contributed by atoms with van der Waals surface area (Å²) in [5.41, 5.74) is 4.32. The van der Waals surface area contributed by atoms with Crippen molar-refractivity contribution in [3.8, 4) is 0 Å². The predicted octanol–water partition coefficient (Wildman–Crippen LogP) is 5.25. The van der Waals surface area contributed by atoms with Gasteiger partial charge in [-0.3, -0.25) is 0 Å². The first-order chi connectivity index (χ1) is 13.0. The molecule has 0 aromatic heterocycles. The number of aryl methyl sites for hydroxylation is 2. The van der Waals surface area contributed by atoms with E-state index in [1.54, 1.807) is 6.08 Å². The van der Waals surface area contributed by atoms with E-state index in [0.29, 0.717) is 18.6 Å². The zero-order chi connectivity index (χ0) is 19.6. The van der Waals surface area contributed by atoms with Crippen LogP contribution >= 0.6 is 0 Å². The van der Waals surface area contributed by atoms with E-state index in [1.165, 1.54) is 0 Å². The van der Waals surface area contributed by atoms with Crippen LogP contribution in [0.25, 0.3) is 0 Å². The van der Waals surface area contributed by atoms with E-state index < -0.39 is 0 Å². The van der Waals surface area contributed by atoms with E-state index >= 15 is 0 Å². The summed E-state index contributed by atoms with van der Waals surface area (Å²) in [6.45, 7) is 9.88. The number of carbonyl (C=O) groups excluding carboxylic acids is 1. The molecule has 1 unspecified atom stereocenters. The van der Waals surface area contributed by atoms with Gasteiger partial charge in [-0.2, -0.15) is 0 Å². The molecule has 0 fully saturated rings. The van der Waals surface area contributed by atoms with Crippen LogP contribution in [0.5, 0.6) is 0 Å². The number of nitrogens with zero attached hydrogens (tertiary/aromatic N) is 1. The van der Waals surface area contributed by atoms with Crippen molar-refractivity contribution in [2.24, 2.45) is 5.16 Å². The number of benzene rings is 1. The van der Waals surface area contributed by atoms with E-state index in [1.807, 2.05) is 39.0 Å². The second-order valence-corrected chi connectivity index (χ2v) is 6.86. The minimum absolute atomic E-state index is 0.162. The third-order valence-electron chi connectivity index (χ3n) is 4.26. The minimum atomic E-state index is -0.282. The number of fused-ring (bicyclic) bond motifs is 1. The Morgan fingerprint density at radius 3 is 2.81 bits per heavy atom. The number of esters is 1. The number of oxime groups is 1. The molecule has 144 valence electrons. The fourth-order valence-electron chi connectivity index (χ4n) is 3.08. The maximum Gasteiger partial charge on any atom is 0.338 e. The van der Waals surface area contributed by atoms with Gasteiger partial charge >= 0.3 is 5.97 Å². The molecule has 0 N–H and O–H groups in total. The highest BCUT2D eigenvalue weighted by Crippen LogP contribution is 2.21. The van der Waals surface area contributed by atoms with Gasteiger partial charge < -0.3 is 9.57 Å². The molecule has 2 rings (SSSR count). The topological polar surface area (TPSA) is 47.9 Å². The molecular formula is C23H29NO3. The second kappa shape index (κ2) is 10.5. The van der Waals surface area contributed by atoms with Gasteiger partial charge in [-0.05, 0) is 50.8 Å². The van der Waals surface area contributed by atoms with Gasteiger partial charge in [-0.15, -0.1) is 0 Å². The van der Waals surface area contributed by atoms with E-state index in [4.69, 9.17) is 9.57 Å². The van der Waals surface area contributed by atoms with E-state index in [0.717, 1.165) is 41.7 Å². The monoisotopic (exact) mass is 367 g/mol. The zero-order valence-corrected chi connectivity index (χ0v) is 16.5. The van der Waals surface area contributed by atoms with E-state index in [9.17, 15) is 4.79 Å². The summed E-state index contributed by atoms with van der Waals surface area (Å²) in [6, 6.07) is 4.03. The third-order valence-corrected chi connectivity index (χ3v) is 4.26. The first kappa shape index (κ1) is 20.7. The quantitative estimate of drug-likeness (QED) is 0.317. The molecule has 0 bridgehead atoms. The summed E-state index contributed by atoms with van der Waals surface area (Å²) in [7, 11) is 0. The number of hydrogen-bond donors (Lipinski definition) is 0. The number of allylic oxidation sites excluding steroid dienone is 3. The highest BCUT2D eigenvalue weighted by Gasteiger charge is 2.19. The van der Waals surface area contributed by atoms with Gasteiger partial charge in [0.2, 0.25) is 0 Å². The van der Waals surface area contributed by atoms with Crippen molar-refractivity contribution in [2.75, 3.05) is 6.61 Å². The number of cyclic esters (lactones) is 1. The van der Waals surface area contributed by atoms with Crippen LogP contribution in [0.4, 0.5) is 0 Å².